The molecule has 186 valence electrons. The monoisotopic (exact) mass is 531 g/mol. The lowest BCUT2D eigenvalue weighted by molar-refractivity contribution is -0.142. The van der Waals surface area contributed by atoms with E-state index in [2.05, 4.69) is 10.6 Å². The average Bonchev–Trinajstić information content (AvgIpc) is 2.75. The molecular weight excluding hydrogens is 505 g/mol. The number of benzene rings is 2. The van der Waals surface area contributed by atoms with Gasteiger partial charge in [-0.3, -0.25) is 10.1 Å². The number of sulfonamides is 1. The van der Waals surface area contributed by atoms with Gasteiger partial charge in [0.05, 0.1) is 11.4 Å². The zero-order valence-electron chi connectivity index (χ0n) is 18.2. The van der Waals surface area contributed by atoms with E-state index >= 15 is 0 Å². The van der Waals surface area contributed by atoms with Gasteiger partial charge in [0.15, 0.2) is 0 Å². The molecule has 0 aliphatic rings. The number of nitrogens with two attached hydrogens (primary N) is 2. The molecular formula is C21H27Cl2N5O5S. The van der Waals surface area contributed by atoms with Gasteiger partial charge in [-0.25, -0.2) is 13.2 Å². The molecule has 0 saturated heterocycles. The standard InChI is InChI=1S/C21H27Cl2N5O5S/c22-15-9-14(10-16(23)11-15)12-28(34(32,33)17-5-2-1-3-6-17)13-19(29)27-18(20(30)31)7-4-8-26-21(24)25/h1-3,5-6,9-11,18,21,26H,4,7-8,12-13,24-25H2,(H,27,29)(H,30,31)/t18-/m0/s1. The van der Waals surface area contributed by atoms with Crippen LogP contribution in [-0.2, 0) is 26.2 Å². The smallest absolute Gasteiger partial charge is 0.326 e. The predicted molar refractivity (Wildman–Crippen MR) is 129 cm³/mol. The van der Waals surface area contributed by atoms with Gasteiger partial charge in [-0.05, 0) is 55.3 Å². The third kappa shape index (κ3) is 8.84. The number of hydrogen-bond donors (Lipinski definition) is 5. The molecule has 0 heterocycles. The molecule has 2 aromatic rings. The van der Waals surface area contributed by atoms with E-state index in [1.165, 1.54) is 30.3 Å². The molecule has 0 aromatic heterocycles. The van der Waals surface area contributed by atoms with Crippen LogP contribution in [0.15, 0.2) is 53.4 Å². The molecule has 0 unspecified atom stereocenters. The first kappa shape index (κ1) is 28.0. The fourth-order valence-electron chi connectivity index (χ4n) is 3.11. The maximum absolute atomic E-state index is 13.3. The summed E-state index contributed by atoms with van der Waals surface area (Å²) in [5.41, 5.74) is 11.2. The van der Waals surface area contributed by atoms with Crippen molar-refractivity contribution in [1.82, 2.24) is 14.9 Å². The summed E-state index contributed by atoms with van der Waals surface area (Å²) in [6.07, 6.45) is -0.277. The van der Waals surface area contributed by atoms with Gasteiger partial charge in [-0.1, -0.05) is 41.4 Å². The summed E-state index contributed by atoms with van der Waals surface area (Å²) in [6, 6.07) is 10.9. The number of carboxylic acids is 1. The third-order valence-electron chi connectivity index (χ3n) is 4.67. The normalized spacial score (nSPS) is 12.6. The van der Waals surface area contributed by atoms with Crippen LogP contribution >= 0.6 is 23.2 Å². The van der Waals surface area contributed by atoms with E-state index in [4.69, 9.17) is 34.7 Å². The van der Waals surface area contributed by atoms with E-state index in [1.54, 1.807) is 18.2 Å². The lowest BCUT2D eigenvalue weighted by Crippen LogP contribution is -2.48. The summed E-state index contributed by atoms with van der Waals surface area (Å²) >= 11 is 12.1. The van der Waals surface area contributed by atoms with Gasteiger partial charge in [0.2, 0.25) is 15.9 Å². The molecule has 2 rings (SSSR count). The topological polar surface area (TPSA) is 168 Å². The number of carbonyl (C=O) groups is 2. The third-order valence-corrected chi connectivity index (χ3v) is 6.91. The molecule has 0 aliphatic heterocycles. The van der Waals surface area contributed by atoms with Crippen LogP contribution in [0.3, 0.4) is 0 Å². The maximum atomic E-state index is 13.3. The Morgan fingerprint density at radius 1 is 1.06 bits per heavy atom. The molecule has 0 radical (unpaired) electrons. The number of halogens is 2. The highest BCUT2D eigenvalue weighted by atomic mass is 35.5. The number of aliphatic carboxylic acids is 1. The summed E-state index contributed by atoms with van der Waals surface area (Å²) in [4.78, 5) is 24.3. The van der Waals surface area contributed by atoms with Gasteiger partial charge >= 0.3 is 5.97 Å². The minimum absolute atomic E-state index is 0.0186. The molecule has 10 nitrogen and oxygen atoms in total. The number of hydrogen-bond acceptors (Lipinski definition) is 7. The molecule has 1 atom stereocenters. The van der Waals surface area contributed by atoms with E-state index in [1.807, 2.05) is 0 Å². The zero-order valence-corrected chi connectivity index (χ0v) is 20.5. The molecule has 13 heteroatoms. The van der Waals surface area contributed by atoms with Crippen molar-refractivity contribution >= 4 is 45.1 Å². The van der Waals surface area contributed by atoms with Crippen LogP contribution in [0.2, 0.25) is 10.0 Å². The summed E-state index contributed by atoms with van der Waals surface area (Å²) < 4.78 is 27.5. The Kier molecular flexibility index (Phi) is 10.7. The summed E-state index contributed by atoms with van der Waals surface area (Å²) in [6.45, 7) is -0.473. The summed E-state index contributed by atoms with van der Waals surface area (Å²) in [5, 5.41) is 15.2. The van der Waals surface area contributed by atoms with Gasteiger partial charge in [-0.2, -0.15) is 4.31 Å². The van der Waals surface area contributed by atoms with Crippen LogP contribution in [-0.4, -0.2) is 55.1 Å². The first-order valence-electron chi connectivity index (χ1n) is 10.3. The minimum atomic E-state index is -4.11. The summed E-state index contributed by atoms with van der Waals surface area (Å²) in [5.74, 6) is -2.02. The van der Waals surface area contributed by atoms with Crippen molar-refractivity contribution in [3.63, 3.8) is 0 Å². The first-order valence-corrected chi connectivity index (χ1v) is 12.5. The van der Waals surface area contributed by atoms with E-state index in [0.717, 1.165) is 4.31 Å². The van der Waals surface area contributed by atoms with Crippen LogP contribution in [0, 0.1) is 0 Å². The molecule has 2 aromatic carbocycles. The number of carbonyl (C=O) groups excluding carboxylic acids is 1. The second-order valence-electron chi connectivity index (χ2n) is 7.44. The van der Waals surface area contributed by atoms with Gasteiger partial charge in [0.25, 0.3) is 0 Å². The molecule has 0 saturated carbocycles. The average molecular weight is 532 g/mol. The van der Waals surface area contributed by atoms with Crippen molar-refractivity contribution in [2.75, 3.05) is 13.1 Å². The highest BCUT2D eigenvalue weighted by Crippen LogP contribution is 2.23. The minimum Gasteiger partial charge on any atom is -0.480 e. The fraction of sp³-hybridized carbons (Fsp3) is 0.333. The van der Waals surface area contributed by atoms with Gasteiger partial charge < -0.3 is 21.9 Å². The Labute approximate surface area is 208 Å². The Morgan fingerprint density at radius 2 is 1.68 bits per heavy atom. The van der Waals surface area contributed by atoms with Crippen molar-refractivity contribution in [1.29, 1.82) is 0 Å². The van der Waals surface area contributed by atoms with Crippen LogP contribution in [0.25, 0.3) is 0 Å². The Balaban J connectivity index is 2.21. The lowest BCUT2D eigenvalue weighted by Gasteiger charge is -2.23. The number of nitrogens with zero attached hydrogens (tertiary/aromatic N) is 1. The second-order valence-corrected chi connectivity index (χ2v) is 10.3. The number of carboxylic acid groups (broad SMARTS) is 1. The number of amides is 1. The van der Waals surface area contributed by atoms with Crippen molar-refractivity contribution < 1.29 is 23.1 Å². The molecule has 0 fully saturated rings. The maximum Gasteiger partial charge on any atom is 0.326 e. The Bertz CT molecular complexity index is 1070. The molecule has 0 bridgehead atoms. The highest BCUT2D eigenvalue weighted by Gasteiger charge is 2.29. The van der Waals surface area contributed by atoms with Gasteiger partial charge in [-0.15, -0.1) is 0 Å². The van der Waals surface area contributed by atoms with Crippen molar-refractivity contribution in [3.8, 4) is 0 Å². The molecule has 1 amide bonds. The first-order chi connectivity index (χ1) is 16.0. The van der Waals surface area contributed by atoms with Crippen molar-refractivity contribution in [2.45, 2.75) is 36.6 Å². The fourth-order valence-corrected chi connectivity index (χ4v) is 5.08. The second kappa shape index (κ2) is 13.0. The van der Waals surface area contributed by atoms with Crippen molar-refractivity contribution in [2.24, 2.45) is 11.5 Å². The molecule has 7 N–H and O–H groups in total. The van der Waals surface area contributed by atoms with E-state index < -0.39 is 40.8 Å². The van der Waals surface area contributed by atoms with Gasteiger partial charge in [0.1, 0.15) is 12.3 Å². The van der Waals surface area contributed by atoms with Crippen LogP contribution < -0.4 is 22.1 Å². The van der Waals surface area contributed by atoms with Crippen LogP contribution in [0.1, 0.15) is 18.4 Å². The Morgan fingerprint density at radius 3 is 2.24 bits per heavy atom. The SMILES string of the molecule is NC(N)NCCC[C@H](NC(=O)CN(Cc1cc(Cl)cc(Cl)c1)S(=O)(=O)c1ccccc1)C(=O)O. The number of nitrogens with one attached hydrogen (secondary N) is 2. The predicted octanol–water partition coefficient (Wildman–Crippen LogP) is 1.32. The van der Waals surface area contributed by atoms with E-state index in [9.17, 15) is 23.1 Å². The molecule has 0 aliphatic carbocycles. The lowest BCUT2D eigenvalue weighted by atomic mass is 10.1. The molecule has 34 heavy (non-hydrogen) atoms. The van der Waals surface area contributed by atoms with E-state index in [-0.39, 0.29) is 17.9 Å². The van der Waals surface area contributed by atoms with Crippen LogP contribution in [0.5, 0.6) is 0 Å². The number of rotatable bonds is 13. The Hall–Kier alpha value is -2.25. The quantitative estimate of drug-likeness (QED) is 0.190. The van der Waals surface area contributed by atoms with Gasteiger partial charge in [0, 0.05) is 16.6 Å². The molecule has 0 spiro atoms. The largest absolute Gasteiger partial charge is 0.480 e. The zero-order chi connectivity index (χ0) is 25.3. The summed E-state index contributed by atoms with van der Waals surface area (Å²) in [7, 11) is -4.11. The highest BCUT2D eigenvalue weighted by molar-refractivity contribution is 7.89. The van der Waals surface area contributed by atoms with E-state index in [0.29, 0.717) is 28.6 Å². The van der Waals surface area contributed by atoms with Crippen LogP contribution in [0.4, 0.5) is 0 Å². The van der Waals surface area contributed by atoms with Crippen molar-refractivity contribution in [3.05, 3.63) is 64.1 Å².